The van der Waals surface area contributed by atoms with Crippen molar-refractivity contribution in [3.63, 3.8) is 0 Å². The minimum Gasteiger partial charge on any atom is -0.354 e. The van der Waals surface area contributed by atoms with E-state index in [1.165, 1.54) is 64.9 Å². The van der Waals surface area contributed by atoms with Crippen LogP contribution in [0.4, 0.5) is 0 Å². The number of hydrogen-bond acceptors (Lipinski definition) is 0. The summed E-state index contributed by atoms with van der Waals surface area (Å²) >= 11 is 0. The number of nitrogens with one attached hydrogen (secondary N) is 1. The molecule has 0 saturated carbocycles. The first-order chi connectivity index (χ1) is 13.4. The van der Waals surface area contributed by atoms with E-state index in [-0.39, 0.29) is 0 Å². The first-order valence-corrected chi connectivity index (χ1v) is 9.39. The second-order valence-electron chi connectivity index (χ2n) is 7.45. The van der Waals surface area contributed by atoms with E-state index in [4.69, 9.17) is 0 Å². The van der Waals surface area contributed by atoms with Crippen LogP contribution in [0.3, 0.4) is 0 Å². The number of H-pyrrole nitrogens is 1. The highest BCUT2D eigenvalue weighted by atomic mass is 14.7. The van der Waals surface area contributed by atoms with Crippen molar-refractivity contribution < 1.29 is 0 Å². The molecular formula is C26H15N. The summed E-state index contributed by atoms with van der Waals surface area (Å²) < 4.78 is 0. The lowest BCUT2D eigenvalue weighted by molar-refractivity contribution is 1.57. The summed E-state index contributed by atoms with van der Waals surface area (Å²) in [6, 6.07) is 31.0. The summed E-state index contributed by atoms with van der Waals surface area (Å²) in [7, 11) is 0. The third-order valence-corrected chi connectivity index (χ3v) is 6.12. The SMILES string of the molecule is c1ccc2c(c1)[nH]c1c2cc2c3cccc4cccc(c5cccc1c52)c43. The van der Waals surface area contributed by atoms with Crippen molar-refractivity contribution in [2.24, 2.45) is 0 Å². The van der Waals surface area contributed by atoms with Gasteiger partial charge in [-0.15, -0.1) is 0 Å². The van der Waals surface area contributed by atoms with Crippen molar-refractivity contribution in [3.05, 3.63) is 84.9 Å². The molecule has 1 N–H and O–H groups in total. The Labute approximate surface area is 155 Å². The van der Waals surface area contributed by atoms with E-state index in [1.54, 1.807) is 0 Å². The van der Waals surface area contributed by atoms with Gasteiger partial charge in [0, 0.05) is 21.7 Å². The maximum absolute atomic E-state index is 3.67. The second kappa shape index (κ2) is 4.57. The number of benzene rings is 6. The Morgan fingerprint density at radius 3 is 1.93 bits per heavy atom. The number of aromatic amines is 1. The van der Waals surface area contributed by atoms with E-state index in [0.717, 1.165) is 0 Å². The van der Waals surface area contributed by atoms with Crippen LogP contribution in [-0.4, -0.2) is 4.98 Å². The fraction of sp³-hybridized carbons (Fsp3) is 0. The van der Waals surface area contributed by atoms with E-state index in [2.05, 4.69) is 89.9 Å². The third-order valence-electron chi connectivity index (χ3n) is 6.12. The van der Waals surface area contributed by atoms with Gasteiger partial charge in [-0.25, -0.2) is 0 Å². The Morgan fingerprint density at radius 1 is 0.444 bits per heavy atom. The van der Waals surface area contributed by atoms with Gasteiger partial charge in [-0.1, -0.05) is 72.8 Å². The molecule has 0 atom stereocenters. The van der Waals surface area contributed by atoms with Crippen LogP contribution < -0.4 is 0 Å². The molecule has 6 aromatic carbocycles. The lowest BCUT2D eigenvalue weighted by Gasteiger charge is -2.14. The number of aromatic nitrogens is 1. The second-order valence-corrected chi connectivity index (χ2v) is 7.45. The van der Waals surface area contributed by atoms with E-state index in [1.807, 2.05) is 0 Å². The van der Waals surface area contributed by atoms with E-state index in [9.17, 15) is 0 Å². The molecule has 7 rings (SSSR count). The zero-order valence-electron chi connectivity index (χ0n) is 14.6. The first-order valence-electron chi connectivity index (χ1n) is 9.39. The van der Waals surface area contributed by atoms with Gasteiger partial charge in [-0.2, -0.15) is 0 Å². The predicted molar refractivity (Wildman–Crippen MR) is 117 cm³/mol. The van der Waals surface area contributed by atoms with Gasteiger partial charge in [0.15, 0.2) is 0 Å². The fourth-order valence-corrected chi connectivity index (χ4v) is 5.02. The van der Waals surface area contributed by atoms with Gasteiger partial charge in [-0.3, -0.25) is 0 Å². The van der Waals surface area contributed by atoms with Crippen LogP contribution in [0.15, 0.2) is 84.9 Å². The Morgan fingerprint density at radius 2 is 1.07 bits per heavy atom. The highest BCUT2D eigenvalue weighted by molar-refractivity contribution is 6.37. The van der Waals surface area contributed by atoms with Gasteiger partial charge in [0.2, 0.25) is 0 Å². The summed E-state index contributed by atoms with van der Waals surface area (Å²) in [5.74, 6) is 0. The molecule has 0 radical (unpaired) electrons. The van der Waals surface area contributed by atoms with Gasteiger partial charge in [-0.05, 0) is 49.8 Å². The van der Waals surface area contributed by atoms with E-state index < -0.39 is 0 Å². The molecule has 0 saturated heterocycles. The molecule has 1 aromatic heterocycles. The van der Waals surface area contributed by atoms with E-state index >= 15 is 0 Å². The lowest BCUT2D eigenvalue weighted by Crippen LogP contribution is -1.87. The van der Waals surface area contributed by atoms with Crippen molar-refractivity contribution in [1.82, 2.24) is 4.98 Å². The summed E-state index contributed by atoms with van der Waals surface area (Å²) in [6.07, 6.45) is 0. The molecule has 0 fully saturated rings. The van der Waals surface area contributed by atoms with Gasteiger partial charge < -0.3 is 4.98 Å². The molecule has 1 heteroatoms. The summed E-state index contributed by atoms with van der Waals surface area (Å²) in [5, 5.41) is 13.3. The molecule has 0 spiro atoms. The number of rotatable bonds is 0. The topological polar surface area (TPSA) is 15.8 Å². The summed E-state index contributed by atoms with van der Waals surface area (Å²) in [4.78, 5) is 3.67. The van der Waals surface area contributed by atoms with Crippen molar-refractivity contribution in [3.8, 4) is 0 Å². The molecule has 27 heavy (non-hydrogen) atoms. The molecule has 1 heterocycles. The minimum atomic E-state index is 1.20. The minimum absolute atomic E-state index is 1.20. The monoisotopic (exact) mass is 341 g/mol. The molecule has 0 amide bonds. The van der Waals surface area contributed by atoms with Gasteiger partial charge in [0.05, 0.1) is 5.52 Å². The number of para-hydroxylation sites is 1. The zero-order valence-corrected chi connectivity index (χ0v) is 14.6. The first kappa shape index (κ1) is 13.6. The van der Waals surface area contributed by atoms with Gasteiger partial charge >= 0.3 is 0 Å². The highest BCUT2D eigenvalue weighted by Crippen LogP contribution is 2.43. The fourth-order valence-electron chi connectivity index (χ4n) is 5.02. The summed E-state index contributed by atoms with van der Waals surface area (Å²) in [6.45, 7) is 0. The lowest BCUT2D eigenvalue weighted by atomic mass is 9.89. The van der Waals surface area contributed by atoms with Crippen LogP contribution in [0.25, 0.3) is 64.9 Å². The van der Waals surface area contributed by atoms with Crippen LogP contribution in [0.1, 0.15) is 0 Å². The van der Waals surface area contributed by atoms with Crippen molar-refractivity contribution in [1.29, 1.82) is 0 Å². The van der Waals surface area contributed by atoms with Crippen LogP contribution in [-0.2, 0) is 0 Å². The van der Waals surface area contributed by atoms with Gasteiger partial charge in [0.25, 0.3) is 0 Å². The van der Waals surface area contributed by atoms with Crippen LogP contribution in [0.5, 0.6) is 0 Å². The Kier molecular flexibility index (Phi) is 2.30. The van der Waals surface area contributed by atoms with Crippen LogP contribution >= 0.6 is 0 Å². The smallest absolute Gasteiger partial charge is 0.0545 e. The molecule has 0 aliphatic rings. The largest absolute Gasteiger partial charge is 0.354 e. The van der Waals surface area contributed by atoms with Gasteiger partial charge in [0.1, 0.15) is 0 Å². The molecule has 0 bridgehead atoms. The Bertz CT molecular complexity index is 1660. The number of fused-ring (bicyclic) bond motifs is 6. The summed E-state index contributed by atoms with van der Waals surface area (Å²) in [5.41, 5.74) is 2.44. The molecular weight excluding hydrogens is 326 g/mol. The molecule has 7 aromatic rings. The Balaban J connectivity index is 1.92. The highest BCUT2D eigenvalue weighted by Gasteiger charge is 2.16. The number of hydrogen-bond donors (Lipinski definition) is 1. The zero-order chi connectivity index (χ0) is 17.5. The van der Waals surface area contributed by atoms with Crippen molar-refractivity contribution in [2.45, 2.75) is 0 Å². The quantitative estimate of drug-likeness (QED) is 0.219. The van der Waals surface area contributed by atoms with Crippen molar-refractivity contribution in [2.75, 3.05) is 0 Å². The van der Waals surface area contributed by atoms with Crippen molar-refractivity contribution >= 4 is 64.9 Å². The third kappa shape index (κ3) is 1.56. The average molecular weight is 341 g/mol. The molecule has 1 nitrogen and oxygen atoms in total. The molecule has 124 valence electrons. The van der Waals surface area contributed by atoms with Crippen LogP contribution in [0.2, 0.25) is 0 Å². The maximum atomic E-state index is 3.67. The molecule has 0 aliphatic carbocycles. The maximum Gasteiger partial charge on any atom is 0.0545 e. The Hall–Kier alpha value is -3.58. The molecule has 0 unspecified atom stereocenters. The van der Waals surface area contributed by atoms with E-state index in [0.29, 0.717) is 0 Å². The standard InChI is InChI=1S/C26H15N/c1-2-13-23-16(8-1)22-14-21-19-10-4-7-15-6-3-9-17(24(15)19)18-11-5-12-20(25(18)21)26(22)27-23/h1-14,27H. The molecule has 0 aliphatic heterocycles. The van der Waals surface area contributed by atoms with Crippen LogP contribution in [0, 0.1) is 0 Å². The average Bonchev–Trinajstić information content (AvgIpc) is 3.10. The normalized spacial score (nSPS) is 12.4. The predicted octanol–water partition coefficient (Wildman–Crippen LogP) is 7.37.